The van der Waals surface area contributed by atoms with Crippen LogP contribution in [0.3, 0.4) is 0 Å². The van der Waals surface area contributed by atoms with E-state index in [1.54, 1.807) is 6.08 Å². The number of hydrogen-bond acceptors (Lipinski definition) is 4. The summed E-state index contributed by atoms with van der Waals surface area (Å²) < 4.78 is 9.87. The number of rotatable bonds is 7. The number of carbonyl (C=O) groups is 2. The fourth-order valence-electron chi connectivity index (χ4n) is 0.868. The third kappa shape index (κ3) is 19.2. The Labute approximate surface area is 117 Å². The van der Waals surface area contributed by atoms with Crippen molar-refractivity contribution in [3.8, 4) is 0 Å². The third-order valence-electron chi connectivity index (χ3n) is 1.69. The summed E-state index contributed by atoms with van der Waals surface area (Å²) in [5, 5.41) is 0. The first-order chi connectivity index (χ1) is 8.83. The van der Waals surface area contributed by atoms with Gasteiger partial charge < -0.3 is 9.47 Å². The molecule has 0 rings (SSSR count). The quantitative estimate of drug-likeness (QED) is 0.527. The maximum Gasteiger partial charge on any atom is 0.306 e. The summed E-state index contributed by atoms with van der Waals surface area (Å²) in [5.41, 5.74) is 0. The van der Waals surface area contributed by atoms with Crippen molar-refractivity contribution in [1.29, 1.82) is 0 Å². The third-order valence-corrected chi connectivity index (χ3v) is 1.69. The molecule has 0 spiro atoms. The summed E-state index contributed by atoms with van der Waals surface area (Å²) in [6, 6.07) is 0. The standard InChI is InChI=1S/C12H22O4.C3H6/c1-9(2)7-15-11(13)5-6-12(14)16-8-10(3)4;1-3-2/h9-10H,5-8H2,1-4H3;3H,1H2,2H3. The van der Waals surface area contributed by atoms with E-state index in [9.17, 15) is 9.59 Å². The average Bonchev–Trinajstić information content (AvgIpc) is 2.32. The van der Waals surface area contributed by atoms with Crippen LogP contribution in [-0.2, 0) is 19.1 Å². The van der Waals surface area contributed by atoms with Crippen LogP contribution in [0, 0.1) is 11.8 Å². The molecule has 112 valence electrons. The van der Waals surface area contributed by atoms with E-state index in [0.717, 1.165) is 0 Å². The lowest BCUT2D eigenvalue weighted by molar-refractivity contribution is -0.151. The molecule has 4 heteroatoms. The maximum atomic E-state index is 11.2. The van der Waals surface area contributed by atoms with E-state index in [1.807, 2.05) is 34.6 Å². The van der Waals surface area contributed by atoms with E-state index < -0.39 is 0 Å². The summed E-state index contributed by atoms with van der Waals surface area (Å²) in [6.07, 6.45) is 1.95. The van der Waals surface area contributed by atoms with Crippen LogP contribution in [0.4, 0.5) is 0 Å². The largest absolute Gasteiger partial charge is 0.465 e. The van der Waals surface area contributed by atoms with Gasteiger partial charge in [0.25, 0.3) is 0 Å². The number of hydrogen-bond donors (Lipinski definition) is 0. The molecule has 0 atom stereocenters. The number of ether oxygens (including phenoxy) is 2. The highest BCUT2D eigenvalue weighted by Gasteiger charge is 2.10. The van der Waals surface area contributed by atoms with E-state index in [0.29, 0.717) is 25.0 Å². The second-order valence-corrected chi connectivity index (χ2v) is 5.06. The highest BCUT2D eigenvalue weighted by molar-refractivity contribution is 5.77. The fourth-order valence-corrected chi connectivity index (χ4v) is 0.868. The second-order valence-electron chi connectivity index (χ2n) is 5.06. The lowest BCUT2D eigenvalue weighted by Crippen LogP contribution is -2.14. The number of carbonyl (C=O) groups excluding carboxylic acids is 2. The molecule has 0 aromatic heterocycles. The molecule has 0 aromatic carbocycles. The van der Waals surface area contributed by atoms with Gasteiger partial charge in [-0.3, -0.25) is 9.59 Å². The van der Waals surface area contributed by atoms with Gasteiger partial charge in [0.2, 0.25) is 0 Å². The van der Waals surface area contributed by atoms with Gasteiger partial charge in [-0.15, -0.1) is 6.58 Å². The van der Waals surface area contributed by atoms with Gasteiger partial charge in [0.15, 0.2) is 0 Å². The number of allylic oxidation sites excluding steroid dienone is 1. The van der Waals surface area contributed by atoms with Crippen molar-refractivity contribution < 1.29 is 19.1 Å². The Morgan fingerprint density at radius 2 is 1.21 bits per heavy atom. The molecule has 0 saturated carbocycles. The smallest absolute Gasteiger partial charge is 0.306 e. The fraction of sp³-hybridized carbons (Fsp3) is 0.733. The van der Waals surface area contributed by atoms with Gasteiger partial charge in [-0.1, -0.05) is 33.8 Å². The highest BCUT2D eigenvalue weighted by atomic mass is 16.5. The Hall–Kier alpha value is -1.32. The Morgan fingerprint density at radius 3 is 1.42 bits per heavy atom. The topological polar surface area (TPSA) is 52.6 Å². The molecule has 0 heterocycles. The Kier molecular flexibility index (Phi) is 13.8. The molecule has 0 fully saturated rings. The SMILES string of the molecule is C=CC.CC(C)COC(=O)CCC(=O)OCC(C)C. The summed E-state index contributed by atoms with van der Waals surface area (Å²) in [5.74, 6) is -0.0425. The van der Waals surface area contributed by atoms with Crippen molar-refractivity contribution in [2.45, 2.75) is 47.5 Å². The molecule has 0 radical (unpaired) electrons. The molecule has 0 bridgehead atoms. The van der Waals surface area contributed by atoms with E-state index in [4.69, 9.17) is 9.47 Å². The zero-order chi connectivity index (χ0) is 15.3. The minimum Gasteiger partial charge on any atom is -0.465 e. The Morgan fingerprint density at radius 1 is 0.947 bits per heavy atom. The van der Waals surface area contributed by atoms with E-state index in [-0.39, 0.29) is 24.8 Å². The van der Waals surface area contributed by atoms with Crippen LogP contribution in [0.5, 0.6) is 0 Å². The molecule has 0 saturated heterocycles. The first kappa shape index (κ1) is 20.0. The first-order valence-corrected chi connectivity index (χ1v) is 6.71. The van der Waals surface area contributed by atoms with Crippen LogP contribution in [0.1, 0.15) is 47.5 Å². The molecule has 0 aromatic rings. The van der Waals surface area contributed by atoms with Crippen LogP contribution in [0.25, 0.3) is 0 Å². The van der Waals surface area contributed by atoms with Gasteiger partial charge >= 0.3 is 11.9 Å². The maximum absolute atomic E-state index is 11.2. The molecule has 0 aliphatic rings. The van der Waals surface area contributed by atoms with E-state index >= 15 is 0 Å². The number of esters is 2. The van der Waals surface area contributed by atoms with Crippen molar-refractivity contribution in [2.24, 2.45) is 11.8 Å². The molecule has 4 nitrogen and oxygen atoms in total. The molecular weight excluding hydrogens is 244 g/mol. The lowest BCUT2D eigenvalue weighted by atomic mass is 10.2. The predicted molar refractivity (Wildman–Crippen MR) is 76.7 cm³/mol. The van der Waals surface area contributed by atoms with Crippen molar-refractivity contribution in [3.05, 3.63) is 12.7 Å². The Balaban J connectivity index is 0. The second kappa shape index (κ2) is 13.1. The zero-order valence-corrected chi connectivity index (χ0v) is 12.9. The summed E-state index contributed by atoms with van der Waals surface area (Å²) in [7, 11) is 0. The van der Waals surface area contributed by atoms with E-state index in [1.165, 1.54) is 0 Å². The van der Waals surface area contributed by atoms with E-state index in [2.05, 4.69) is 6.58 Å². The normalized spacial score (nSPS) is 9.63. The van der Waals surface area contributed by atoms with Crippen LogP contribution in [0.2, 0.25) is 0 Å². The van der Waals surface area contributed by atoms with Crippen molar-refractivity contribution in [2.75, 3.05) is 13.2 Å². The highest BCUT2D eigenvalue weighted by Crippen LogP contribution is 2.01. The van der Waals surface area contributed by atoms with Gasteiger partial charge in [-0.05, 0) is 18.8 Å². The minimum atomic E-state index is -0.338. The zero-order valence-electron chi connectivity index (χ0n) is 12.9. The molecule has 0 N–H and O–H groups in total. The Bertz CT molecular complexity index is 233. The lowest BCUT2D eigenvalue weighted by Gasteiger charge is -2.08. The van der Waals surface area contributed by atoms with Crippen LogP contribution in [0.15, 0.2) is 12.7 Å². The van der Waals surface area contributed by atoms with Crippen molar-refractivity contribution in [1.82, 2.24) is 0 Å². The van der Waals surface area contributed by atoms with Gasteiger partial charge in [-0.25, -0.2) is 0 Å². The molecule has 0 aliphatic carbocycles. The minimum absolute atomic E-state index is 0.101. The molecular formula is C15H28O4. The predicted octanol–water partition coefficient (Wildman–Crippen LogP) is 3.36. The molecule has 0 unspecified atom stereocenters. The van der Waals surface area contributed by atoms with Gasteiger partial charge in [0, 0.05) is 0 Å². The van der Waals surface area contributed by atoms with Gasteiger partial charge in [0.1, 0.15) is 0 Å². The van der Waals surface area contributed by atoms with Gasteiger partial charge in [0.05, 0.1) is 26.1 Å². The van der Waals surface area contributed by atoms with Crippen LogP contribution in [-0.4, -0.2) is 25.2 Å². The summed E-state index contributed by atoms with van der Waals surface area (Å²) in [4.78, 5) is 22.3. The average molecular weight is 272 g/mol. The van der Waals surface area contributed by atoms with Gasteiger partial charge in [-0.2, -0.15) is 0 Å². The monoisotopic (exact) mass is 272 g/mol. The summed E-state index contributed by atoms with van der Waals surface area (Å²) >= 11 is 0. The molecule has 19 heavy (non-hydrogen) atoms. The summed E-state index contributed by atoms with van der Waals surface area (Å²) in [6.45, 7) is 13.9. The van der Waals surface area contributed by atoms with Crippen LogP contribution < -0.4 is 0 Å². The molecule has 0 aliphatic heterocycles. The van der Waals surface area contributed by atoms with Crippen LogP contribution >= 0.6 is 0 Å². The molecule has 0 amide bonds. The first-order valence-electron chi connectivity index (χ1n) is 6.71. The van der Waals surface area contributed by atoms with Crippen molar-refractivity contribution in [3.63, 3.8) is 0 Å². The van der Waals surface area contributed by atoms with Crippen molar-refractivity contribution >= 4 is 11.9 Å².